The highest BCUT2D eigenvalue weighted by molar-refractivity contribution is 5.93. The SMILES string of the molecule is COCCCCCNc1ncc(F)cc1C(=O)O. The summed E-state index contributed by atoms with van der Waals surface area (Å²) in [5, 5.41) is 11.8. The van der Waals surface area contributed by atoms with Gasteiger partial charge in [0, 0.05) is 20.3 Å². The lowest BCUT2D eigenvalue weighted by Crippen LogP contribution is -2.10. The Morgan fingerprint density at radius 1 is 1.50 bits per heavy atom. The molecule has 1 aromatic rings. The van der Waals surface area contributed by atoms with Crippen LogP contribution in [0.3, 0.4) is 0 Å². The number of nitrogens with zero attached hydrogens (tertiary/aromatic N) is 1. The second-order valence-electron chi connectivity index (χ2n) is 3.84. The number of carbonyl (C=O) groups is 1. The highest BCUT2D eigenvalue weighted by atomic mass is 19.1. The third-order valence-electron chi connectivity index (χ3n) is 2.40. The van der Waals surface area contributed by atoms with E-state index in [-0.39, 0.29) is 11.4 Å². The van der Waals surface area contributed by atoms with Gasteiger partial charge in [0.1, 0.15) is 17.2 Å². The second-order valence-corrected chi connectivity index (χ2v) is 3.84. The third-order valence-corrected chi connectivity index (χ3v) is 2.40. The van der Waals surface area contributed by atoms with E-state index in [0.29, 0.717) is 6.54 Å². The van der Waals surface area contributed by atoms with E-state index >= 15 is 0 Å². The quantitative estimate of drug-likeness (QED) is 0.697. The number of methoxy groups -OCH3 is 1. The fourth-order valence-electron chi connectivity index (χ4n) is 1.50. The van der Waals surface area contributed by atoms with Gasteiger partial charge in [0.15, 0.2) is 0 Å². The van der Waals surface area contributed by atoms with Gasteiger partial charge in [-0.2, -0.15) is 0 Å². The number of ether oxygens (including phenoxy) is 1. The molecule has 0 fully saturated rings. The molecule has 0 saturated carbocycles. The predicted octanol–water partition coefficient (Wildman–Crippen LogP) is 2.15. The molecule has 1 rings (SSSR count). The van der Waals surface area contributed by atoms with Gasteiger partial charge in [-0.3, -0.25) is 0 Å². The number of pyridine rings is 1. The van der Waals surface area contributed by atoms with Gasteiger partial charge in [-0.05, 0) is 25.3 Å². The van der Waals surface area contributed by atoms with Crippen molar-refractivity contribution in [3.63, 3.8) is 0 Å². The number of aromatic nitrogens is 1. The second kappa shape index (κ2) is 7.60. The maximum atomic E-state index is 12.9. The molecule has 0 spiro atoms. The molecule has 5 nitrogen and oxygen atoms in total. The highest BCUT2D eigenvalue weighted by Crippen LogP contribution is 2.13. The molecule has 2 N–H and O–H groups in total. The molecule has 1 heterocycles. The Balaban J connectivity index is 2.44. The standard InChI is InChI=1S/C12H17FN2O3/c1-18-6-4-2-3-5-14-11-10(12(16)17)7-9(13)8-15-11/h7-8H,2-6H2,1H3,(H,14,15)(H,16,17). The van der Waals surface area contributed by atoms with Gasteiger partial charge in [-0.25, -0.2) is 14.2 Å². The first-order chi connectivity index (χ1) is 8.65. The number of carboxylic acid groups (broad SMARTS) is 1. The first-order valence-electron chi connectivity index (χ1n) is 5.77. The van der Waals surface area contributed by atoms with E-state index in [4.69, 9.17) is 9.84 Å². The fourth-order valence-corrected chi connectivity index (χ4v) is 1.50. The molecule has 0 radical (unpaired) electrons. The maximum absolute atomic E-state index is 12.9. The Hall–Kier alpha value is -1.69. The van der Waals surface area contributed by atoms with Gasteiger partial charge in [-0.15, -0.1) is 0 Å². The van der Waals surface area contributed by atoms with Crippen LogP contribution in [0.4, 0.5) is 10.2 Å². The van der Waals surface area contributed by atoms with Gasteiger partial charge in [-0.1, -0.05) is 0 Å². The van der Waals surface area contributed by atoms with Crippen LogP contribution in [0.1, 0.15) is 29.6 Å². The van der Waals surface area contributed by atoms with Crippen LogP contribution in [-0.4, -0.2) is 36.3 Å². The number of halogens is 1. The van der Waals surface area contributed by atoms with Gasteiger partial charge >= 0.3 is 5.97 Å². The largest absolute Gasteiger partial charge is 0.478 e. The van der Waals surface area contributed by atoms with Crippen LogP contribution in [0.5, 0.6) is 0 Å². The zero-order chi connectivity index (χ0) is 13.4. The van der Waals surface area contributed by atoms with Crippen LogP contribution < -0.4 is 5.32 Å². The number of nitrogens with one attached hydrogen (secondary N) is 1. The smallest absolute Gasteiger partial charge is 0.339 e. The van der Waals surface area contributed by atoms with E-state index < -0.39 is 11.8 Å². The molecule has 0 amide bonds. The normalized spacial score (nSPS) is 10.3. The number of rotatable bonds is 8. The Morgan fingerprint density at radius 2 is 2.28 bits per heavy atom. The molecule has 0 unspecified atom stereocenters. The molecule has 1 aromatic heterocycles. The van der Waals surface area contributed by atoms with Crippen molar-refractivity contribution in [1.82, 2.24) is 4.98 Å². The number of hydrogen-bond donors (Lipinski definition) is 2. The fraction of sp³-hybridized carbons (Fsp3) is 0.500. The minimum absolute atomic E-state index is 0.146. The van der Waals surface area contributed by atoms with Crippen molar-refractivity contribution in [2.75, 3.05) is 25.6 Å². The first kappa shape index (κ1) is 14.4. The summed E-state index contributed by atoms with van der Waals surface area (Å²) in [6, 6.07) is 0.961. The first-order valence-corrected chi connectivity index (χ1v) is 5.77. The summed E-state index contributed by atoms with van der Waals surface area (Å²) in [5.41, 5.74) is -0.146. The molecule has 0 aliphatic heterocycles. The predicted molar refractivity (Wildman–Crippen MR) is 65.4 cm³/mol. The lowest BCUT2D eigenvalue weighted by Gasteiger charge is -2.08. The maximum Gasteiger partial charge on any atom is 0.339 e. The molecule has 100 valence electrons. The summed E-state index contributed by atoms with van der Waals surface area (Å²) in [5.74, 6) is -1.64. The number of carboxylic acids is 1. The molecule has 0 aliphatic carbocycles. The molecular formula is C12H17FN2O3. The average molecular weight is 256 g/mol. The molecule has 0 atom stereocenters. The Kier molecular flexibility index (Phi) is 6.07. The lowest BCUT2D eigenvalue weighted by molar-refractivity contribution is 0.0697. The Bertz CT molecular complexity index is 399. The monoisotopic (exact) mass is 256 g/mol. The van der Waals surface area contributed by atoms with E-state index in [1.165, 1.54) is 0 Å². The number of hydrogen-bond acceptors (Lipinski definition) is 4. The van der Waals surface area contributed by atoms with E-state index in [1.54, 1.807) is 7.11 Å². The summed E-state index contributed by atoms with van der Waals surface area (Å²) >= 11 is 0. The van der Waals surface area contributed by atoms with Gasteiger partial charge < -0.3 is 15.2 Å². The van der Waals surface area contributed by atoms with E-state index in [2.05, 4.69) is 10.3 Å². The van der Waals surface area contributed by atoms with Crippen LogP contribution in [0, 0.1) is 5.82 Å². The van der Waals surface area contributed by atoms with Gasteiger partial charge in [0.2, 0.25) is 0 Å². The minimum Gasteiger partial charge on any atom is -0.478 e. The number of aromatic carboxylic acids is 1. The molecule has 6 heteroatoms. The van der Waals surface area contributed by atoms with Gasteiger partial charge in [0.25, 0.3) is 0 Å². The zero-order valence-corrected chi connectivity index (χ0v) is 10.3. The van der Waals surface area contributed by atoms with Crippen molar-refractivity contribution in [2.24, 2.45) is 0 Å². The van der Waals surface area contributed by atoms with Crippen molar-refractivity contribution < 1.29 is 19.0 Å². The van der Waals surface area contributed by atoms with E-state index in [0.717, 1.165) is 38.1 Å². The summed E-state index contributed by atoms with van der Waals surface area (Å²) < 4.78 is 17.8. The Morgan fingerprint density at radius 3 is 2.94 bits per heavy atom. The summed E-state index contributed by atoms with van der Waals surface area (Å²) in [6.07, 6.45) is 3.81. The molecular weight excluding hydrogens is 239 g/mol. The topological polar surface area (TPSA) is 71.5 Å². The van der Waals surface area contributed by atoms with E-state index in [9.17, 15) is 9.18 Å². The van der Waals surface area contributed by atoms with Gasteiger partial charge in [0.05, 0.1) is 6.20 Å². The van der Waals surface area contributed by atoms with Crippen LogP contribution >= 0.6 is 0 Å². The van der Waals surface area contributed by atoms with Crippen molar-refractivity contribution in [2.45, 2.75) is 19.3 Å². The highest BCUT2D eigenvalue weighted by Gasteiger charge is 2.12. The van der Waals surface area contributed by atoms with Crippen LogP contribution in [0.15, 0.2) is 12.3 Å². The molecule has 0 aromatic carbocycles. The average Bonchev–Trinajstić information content (AvgIpc) is 2.35. The molecule has 0 aliphatic rings. The number of unbranched alkanes of at least 4 members (excludes halogenated alkanes) is 2. The summed E-state index contributed by atoms with van der Waals surface area (Å²) in [6.45, 7) is 1.32. The molecule has 0 saturated heterocycles. The molecule has 0 bridgehead atoms. The summed E-state index contributed by atoms with van der Waals surface area (Å²) in [4.78, 5) is 14.6. The van der Waals surface area contributed by atoms with Crippen molar-refractivity contribution >= 4 is 11.8 Å². The minimum atomic E-state index is -1.19. The van der Waals surface area contributed by atoms with Crippen molar-refractivity contribution in [1.29, 1.82) is 0 Å². The van der Waals surface area contributed by atoms with Crippen LogP contribution in [0.25, 0.3) is 0 Å². The third kappa shape index (κ3) is 4.67. The van der Waals surface area contributed by atoms with Crippen LogP contribution in [-0.2, 0) is 4.74 Å². The molecule has 18 heavy (non-hydrogen) atoms. The number of anilines is 1. The van der Waals surface area contributed by atoms with Crippen molar-refractivity contribution in [3.8, 4) is 0 Å². The lowest BCUT2D eigenvalue weighted by atomic mass is 10.2. The van der Waals surface area contributed by atoms with E-state index in [1.807, 2.05) is 0 Å². The summed E-state index contributed by atoms with van der Waals surface area (Å²) in [7, 11) is 1.65. The Labute approximate surface area is 105 Å². The zero-order valence-electron chi connectivity index (χ0n) is 10.3. The van der Waals surface area contributed by atoms with Crippen LogP contribution in [0.2, 0.25) is 0 Å². The van der Waals surface area contributed by atoms with Crippen molar-refractivity contribution in [3.05, 3.63) is 23.6 Å².